The summed E-state index contributed by atoms with van der Waals surface area (Å²) in [7, 11) is -0.289. The van der Waals surface area contributed by atoms with E-state index in [1.54, 1.807) is 0 Å². The Bertz CT molecular complexity index is 155. The van der Waals surface area contributed by atoms with E-state index in [4.69, 9.17) is 11.1 Å². The highest BCUT2D eigenvalue weighted by Gasteiger charge is 2.39. The van der Waals surface area contributed by atoms with Gasteiger partial charge in [-0.2, -0.15) is 11.1 Å². The molecule has 0 aromatic heterocycles. The number of halogens is 1. The van der Waals surface area contributed by atoms with Crippen molar-refractivity contribution in [3.05, 3.63) is 12.2 Å². The van der Waals surface area contributed by atoms with Crippen LogP contribution in [0, 0.1) is 5.92 Å². The quantitative estimate of drug-likeness (QED) is 0.311. The van der Waals surface area contributed by atoms with Crippen molar-refractivity contribution in [2.75, 3.05) is 0 Å². The fraction of sp³-hybridized carbons (Fsp3) is 0.714. The van der Waals surface area contributed by atoms with Crippen LogP contribution in [-0.2, 0) is 0 Å². The SMILES string of the molecule is Cl[SiH2]C12C=CC(CC1)C2. The molecule has 0 heterocycles. The zero-order chi connectivity index (χ0) is 6.32. The molecule has 0 spiro atoms. The van der Waals surface area contributed by atoms with E-state index in [0.29, 0.717) is 5.04 Å². The maximum atomic E-state index is 5.98. The lowest BCUT2D eigenvalue weighted by molar-refractivity contribution is 0.698. The molecule has 50 valence electrons. The molecule has 0 aromatic carbocycles. The zero-order valence-corrected chi connectivity index (χ0v) is 7.61. The first-order valence-corrected chi connectivity index (χ1v) is 6.44. The molecular weight excluding hydrogens is 148 g/mol. The lowest BCUT2D eigenvalue weighted by Gasteiger charge is -2.17. The van der Waals surface area contributed by atoms with Crippen LogP contribution in [-0.4, -0.2) is 8.83 Å². The molecule has 0 aromatic rings. The lowest BCUT2D eigenvalue weighted by atomic mass is 10.1. The first-order valence-electron chi connectivity index (χ1n) is 3.60. The summed E-state index contributed by atoms with van der Waals surface area (Å²) in [4.78, 5) is 0. The van der Waals surface area contributed by atoms with E-state index in [2.05, 4.69) is 12.2 Å². The fourth-order valence-corrected chi connectivity index (χ4v) is 4.06. The number of hydrogen-bond acceptors (Lipinski definition) is 0. The second-order valence-corrected chi connectivity index (χ2v) is 5.84. The average molecular weight is 159 g/mol. The van der Waals surface area contributed by atoms with Gasteiger partial charge in [0.2, 0.25) is 0 Å². The van der Waals surface area contributed by atoms with Crippen LogP contribution >= 0.6 is 11.1 Å². The highest BCUT2D eigenvalue weighted by molar-refractivity contribution is 6.95. The number of allylic oxidation sites excluding steroid dienone is 2. The second-order valence-electron chi connectivity index (χ2n) is 3.36. The third-order valence-corrected chi connectivity index (χ3v) is 5.68. The third-order valence-electron chi connectivity index (χ3n) is 2.67. The molecule has 9 heavy (non-hydrogen) atoms. The van der Waals surface area contributed by atoms with Crippen molar-refractivity contribution in [2.45, 2.75) is 24.3 Å². The Kier molecular flexibility index (Phi) is 1.24. The Morgan fingerprint density at radius 2 is 2.56 bits per heavy atom. The molecule has 2 unspecified atom stereocenters. The van der Waals surface area contributed by atoms with E-state index in [-0.39, 0.29) is 8.83 Å². The van der Waals surface area contributed by atoms with Gasteiger partial charge in [-0.05, 0) is 30.2 Å². The first kappa shape index (κ1) is 5.99. The number of hydrogen-bond donors (Lipinski definition) is 0. The number of rotatable bonds is 1. The van der Waals surface area contributed by atoms with Crippen molar-refractivity contribution in [2.24, 2.45) is 5.92 Å². The van der Waals surface area contributed by atoms with Crippen LogP contribution in [0.5, 0.6) is 0 Å². The molecule has 0 saturated heterocycles. The summed E-state index contributed by atoms with van der Waals surface area (Å²) >= 11 is 5.98. The van der Waals surface area contributed by atoms with Gasteiger partial charge in [0.1, 0.15) is 8.83 Å². The Labute approximate surface area is 62.8 Å². The van der Waals surface area contributed by atoms with Crippen molar-refractivity contribution in [3.8, 4) is 0 Å². The Balaban J connectivity index is 2.23. The molecule has 0 amide bonds. The Morgan fingerprint density at radius 1 is 1.67 bits per heavy atom. The van der Waals surface area contributed by atoms with Gasteiger partial charge in [-0.15, -0.1) is 0 Å². The zero-order valence-electron chi connectivity index (χ0n) is 5.44. The molecular formula is C7H11ClSi. The van der Waals surface area contributed by atoms with Gasteiger partial charge in [-0.1, -0.05) is 12.2 Å². The van der Waals surface area contributed by atoms with Gasteiger partial charge in [0, 0.05) is 0 Å². The van der Waals surface area contributed by atoms with Gasteiger partial charge in [-0.25, -0.2) is 0 Å². The minimum atomic E-state index is -0.289. The molecule has 1 fully saturated rings. The first-order chi connectivity index (χ1) is 4.35. The minimum Gasteiger partial charge on any atom is -0.175 e. The van der Waals surface area contributed by atoms with Gasteiger partial charge < -0.3 is 0 Å². The Hall–Kier alpha value is 0.247. The van der Waals surface area contributed by atoms with Crippen molar-refractivity contribution in [1.82, 2.24) is 0 Å². The molecule has 1 saturated carbocycles. The molecule has 0 N–H and O–H groups in total. The van der Waals surface area contributed by atoms with Gasteiger partial charge in [0.15, 0.2) is 0 Å². The van der Waals surface area contributed by atoms with Crippen molar-refractivity contribution >= 4 is 19.9 Å². The van der Waals surface area contributed by atoms with Gasteiger partial charge in [0.05, 0.1) is 0 Å². The van der Waals surface area contributed by atoms with E-state index >= 15 is 0 Å². The maximum absolute atomic E-state index is 5.98. The van der Waals surface area contributed by atoms with Gasteiger partial charge in [-0.3, -0.25) is 0 Å². The van der Waals surface area contributed by atoms with Gasteiger partial charge in [0.25, 0.3) is 0 Å². The normalized spacial score (nSPS) is 47.9. The third kappa shape index (κ3) is 0.785. The van der Waals surface area contributed by atoms with E-state index in [1.807, 2.05) is 0 Å². The maximum Gasteiger partial charge on any atom is 0.135 e. The predicted octanol–water partition coefficient (Wildman–Crippen LogP) is 1.84. The van der Waals surface area contributed by atoms with E-state index in [9.17, 15) is 0 Å². The summed E-state index contributed by atoms with van der Waals surface area (Å²) in [5.74, 6) is 0.913. The minimum absolute atomic E-state index is 0.289. The van der Waals surface area contributed by atoms with E-state index in [1.165, 1.54) is 19.3 Å². The van der Waals surface area contributed by atoms with Crippen LogP contribution in [0.15, 0.2) is 12.2 Å². The second kappa shape index (κ2) is 1.86. The monoisotopic (exact) mass is 158 g/mol. The van der Waals surface area contributed by atoms with Gasteiger partial charge >= 0.3 is 0 Å². The van der Waals surface area contributed by atoms with Crippen LogP contribution in [0.3, 0.4) is 0 Å². The van der Waals surface area contributed by atoms with Crippen LogP contribution in [0.1, 0.15) is 19.3 Å². The molecule has 0 aliphatic heterocycles. The summed E-state index contributed by atoms with van der Waals surface area (Å²) in [6.45, 7) is 0. The predicted molar refractivity (Wildman–Crippen MR) is 43.6 cm³/mol. The molecule has 0 nitrogen and oxygen atoms in total. The molecule has 2 heteroatoms. The molecule has 2 atom stereocenters. The molecule has 2 rings (SSSR count). The van der Waals surface area contributed by atoms with Crippen LogP contribution < -0.4 is 0 Å². The fourth-order valence-electron chi connectivity index (χ4n) is 2.02. The summed E-state index contributed by atoms with van der Waals surface area (Å²) in [5.41, 5.74) is 0. The van der Waals surface area contributed by atoms with Crippen molar-refractivity contribution < 1.29 is 0 Å². The smallest absolute Gasteiger partial charge is 0.135 e. The van der Waals surface area contributed by atoms with Crippen molar-refractivity contribution in [3.63, 3.8) is 0 Å². The molecule has 2 aliphatic rings. The molecule has 0 radical (unpaired) electrons. The topological polar surface area (TPSA) is 0 Å². The van der Waals surface area contributed by atoms with Crippen LogP contribution in [0.25, 0.3) is 0 Å². The van der Waals surface area contributed by atoms with Crippen LogP contribution in [0.4, 0.5) is 0 Å². The average Bonchev–Trinajstić information content (AvgIpc) is 2.46. The van der Waals surface area contributed by atoms with E-state index in [0.717, 1.165) is 5.92 Å². The molecule has 2 aliphatic carbocycles. The largest absolute Gasteiger partial charge is 0.175 e. The number of fused-ring (bicyclic) bond motifs is 2. The highest BCUT2D eigenvalue weighted by atomic mass is 35.6. The van der Waals surface area contributed by atoms with Crippen molar-refractivity contribution in [1.29, 1.82) is 0 Å². The highest BCUT2D eigenvalue weighted by Crippen LogP contribution is 2.54. The molecule has 2 bridgehead atoms. The standard InChI is InChI=1S/C7H11ClSi/c8-9-7-3-1-6(5-7)2-4-7/h1,3,6H,2,4-5,9H2. The summed E-state index contributed by atoms with van der Waals surface area (Å²) in [5, 5.41) is 0.576. The Morgan fingerprint density at radius 3 is 2.78 bits per heavy atom. The van der Waals surface area contributed by atoms with E-state index < -0.39 is 0 Å². The van der Waals surface area contributed by atoms with Crippen LogP contribution in [0.2, 0.25) is 5.04 Å². The summed E-state index contributed by atoms with van der Waals surface area (Å²) in [6, 6.07) is 0. The summed E-state index contributed by atoms with van der Waals surface area (Å²) in [6.07, 6.45) is 8.96. The summed E-state index contributed by atoms with van der Waals surface area (Å²) < 4.78 is 0. The lowest BCUT2D eigenvalue weighted by Crippen LogP contribution is -2.06.